The molecule has 3 aliphatic carbocycles. The molecule has 1 saturated heterocycles. The van der Waals surface area contributed by atoms with Crippen LogP contribution in [0.3, 0.4) is 0 Å². The number of esters is 1. The largest absolute Gasteiger partial charge is 0.438 e. The van der Waals surface area contributed by atoms with Gasteiger partial charge in [-0.3, -0.25) is 4.79 Å². The second-order valence-corrected chi connectivity index (χ2v) is 9.16. The van der Waals surface area contributed by atoms with Crippen LogP contribution in [0.5, 0.6) is 0 Å². The summed E-state index contributed by atoms with van der Waals surface area (Å²) in [5, 5.41) is 0. The van der Waals surface area contributed by atoms with Crippen LogP contribution in [0.4, 0.5) is 0 Å². The fraction of sp³-hybridized carbons (Fsp3) is 0.955. The van der Waals surface area contributed by atoms with Gasteiger partial charge < -0.3 is 14.2 Å². The quantitative estimate of drug-likeness (QED) is 0.485. The molecule has 7 atom stereocenters. The molecule has 0 aromatic heterocycles. The van der Waals surface area contributed by atoms with Gasteiger partial charge in [-0.05, 0) is 68.6 Å². The van der Waals surface area contributed by atoms with Gasteiger partial charge in [-0.1, -0.05) is 33.6 Å². The molecule has 0 aromatic carbocycles. The summed E-state index contributed by atoms with van der Waals surface area (Å²) in [5.74, 6) is 2.41. The van der Waals surface area contributed by atoms with Crippen LogP contribution in [-0.4, -0.2) is 30.6 Å². The van der Waals surface area contributed by atoms with E-state index in [1.165, 1.54) is 19.3 Å². The minimum Gasteiger partial charge on any atom is -0.438 e. The highest BCUT2D eigenvalue weighted by molar-refractivity contribution is 5.73. The third-order valence-electron chi connectivity index (χ3n) is 8.17. The molecule has 26 heavy (non-hydrogen) atoms. The Morgan fingerprint density at radius 3 is 2.38 bits per heavy atom. The number of ether oxygens (including phenoxy) is 3. The smallest absolute Gasteiger partial charge is 0.311 e. The highest BCUT2D eigenvalue weighted by Gasteiger charge is 2.62. The molecule has 148 valence electrons. The maximum Gasteiger partial charge on any atom is 0.311 e. The molecule has 2 bridgehead atoms. The van der Waals surface area contributed by atoms with E-state index in [-0.39, 0.29) is 24.3 Å². The highest BCUT2D eigenvalue weighted by Crippen LogP contribution is 2.62. The van der Waals surface area contributed by atoms with Gasteiger partial charge in [0.25, 0.3) is 0 Å². The summed E-state index contributed by atoms with van der Waals surface area (Å²) in [6, 6.07) is 0. The number of rotatable bonds is 7. The molecule has 0 amide bonds. The van der Waals surface area contributed by atoms with Crippen molar-refractivity contribution in [1.82, 2.24) is 0 Å². The number of fused-ring (bicyclic) bond motifs is 5. The van der Waals surface area contributed by atoms with Crippen molar-refractivity contribution in [2.45, 2.75) is 96.4 Å². The number of hydrogen-bond acceptors (Lipinski definition) is 4. The first-order valence-electron chi connectivity index (χ1n) is 11.1. The molecule has 0 aromatic rings. The zero-order valence-electron chi connectivity index (χ0n) is 16.7. The molecule has 0 N–H and O–H groups in total. The maximum absolute atomic E-state index is 12.8. The first-order valence-corrected chi connectivity index (χ1v) is 11.1. The molecule has 4 nitrogen and oxygen atoms in total. The third kappa shape index (κ3) is 3.01. The standard InChI is InChI=1S/C22H36O4/c1-4-17-19-14-11-15(20(19)18(5-2)26-17)16(12-14)21(23)24-13-25-22(6-3)9-7-8-10-22/h14-20H,4-13H2,1-3H3. The summed E-state index contributed by atoms with van der Waals surface area (Å²) in [6.45, 7) is 6.78. The first kappa shape index (κ1) is 18.7. The molecule has 4 heteroatoms. The number of carbonyl (C=O) groups is 1. The molecule has 0 spiro atoms. The van der Waals surface area contributed by atoms with Gasteiger partial charge >= 0.3 is 5.97 Å². The average molecular weight is 365 g/mol. The Morgan fingerprint density at radius 2 is 1.73 bits per heavy atom. The molecule has 4 fully saturated rings. The molecular formula is C22H36O4. The first-order chi connectivity index (χ1) is 12.6. The Bertz CT molecular complexity index is 512. The van der Waals surface area contributed by atoms with Crippen molar-refractivity contribution in [3.8, 4) is 0 Å². The Kier molecular flexibility index (Phi) is 5.35. The predicted molar refractivity (Wildman–Crippen MR) is 99.5 cm³/mol. The molecular weight excluding hydrogens is 328 g/mol. The van der Waals surface area contributed by atoms with E-state index in [9.17, 15) is 4.79 Å². The summed E-state index contributed by atoms with van der Waals surface area (Å²) in [7, 11) is 0. The van der Waals surface area contributed by atoms with Crippen molar-refractivity contribution in [3.05, 3.63) is 0 Å². The van der Waals surface area contributed by atoms with Crippen molar-refractivity contribution in [2.24, 2.45) is 29.6 Å². The van der Waals surface area contributed by atoms with Gasteiger partial charge in [0.05, 0.1) is 23.7 Å². The maximum atomic E-state index is 12.8. The molecule has 0 radical (unpaired) electrons. The Labute approximate surface area is 158 Å². The van der Waals surface area contributed by atoms with Crippen LogP contribution in [0, 0.1) is 29.6 Å². The molecule has 4 rings (SSSR count). The third-order valence-corrected chi connectivity index (χ3v) is 8.17. The summed E-state index contributed by atoms with van der Waals surface area (Å²) >= 11 is 0. The monoisotopic (exact) mass is 364 g/mol. The van der Waals surface area contributed by atoms with E-state index < -0.39 is 0 Å². The fourth-order valence-electron chi connectivity index (χ4n) is 6.88. The highest BCUT2D eigenvalue weighted by atomic mass is 16.7. The van der Waals surface area contributed by atoms with Gasteiger partial charge in [-0.15, -0.1) is 0 Å². The Hall–Kier alpha value is -0.610. The Balaban J connectivity index is 1.34. The van der Waals surface area contributed by atoms with Crippen LogP contribution in [0.25, 0.3) is 0 Å². The van der Waals surface area contributed by atoms with Crippen LogP contribution in [-0.2, 0) is 19.0 Å². The van der Waals surface area contributed by atoms with Crippen LogP contribution in [0.2, 0.25) is 0 Å². The van der Waals surface area contributed by atoms with Crippen LogP contribution in [0.1, 0.15) is 78.6 Å². The molecule has 7 unspecified atom stereocenters. The van der Waals surface area contributed by atoms with Gasteiger partial charge in [0, 0.05) is 0 Å². The van der Waals surface area contributed by atoms with Crippen LogP contribution < -0.4 is 0 Å². The van der Waals surface area contributed by atoms with Crippen molar-refractivity contribution in [3.63, 3.8) is 0 Å². The van der Waals surface area contributed by atoms with Crippen molar-refractivity contribution in [2.75, 3.05) is 6.79 Å². The van der Waals surface area contributed by atoms with Gasteiger partial charge in [0.15, 0.2) is 6.79 Å². The molecule has 1 aliphatic heterocycles. The lowest BCUT2D eigenvalue weighted by molar-refractivity contribution is -0.180. The zero-order chi connectivity index (χ0) is 18.3. The van der Waals surface area contributed by atoms with E-state index in [4.69, 9.17) is 14.2 Å². The number of hydrogen-bond donors (Lipinski definition) is 0. The lowest BCUT2D eigenvalue weighted by Crippen LogP contribution is -2.37. The SMILES string of the molecule is CCC1OC(CC)C2C3CC(CC3C(=O)OCOC3(CC)CCCC3)C12. The predicted octanol–water partition coefficient (Wildman–Crippen LogP) is 4.70. The van der Waals surface area contributed by atoms with Gasteiger partial charge in [-0.25, -0.2) is 0 Å². The summed E-state index contributed by atoms with van der Waals surface area (Å²) in [4.78, 5) is 12.8. The second kappa shape index (κ2) is 7.43. The molecule has 3 saturated carbocycles. The minimum absolute atomic E-state index is 0.0185. The van der Waals surface area contributed by atoms with Gasteiger partial charge in [0.2, 0.25) is 0 Å². The van der Waals surface area contributed by atoms with Crippen LogP contribution in [0.15, 0.2) is 0 Å². The van der Waals surface area contributed by atoms with E-state index in [2.05, 4.69) is 20.8 Å². The second-order valence-electron chi connectivity index (χ2n) is 9.16. The zero-order valence-corrected chi connectivity index (χ0v) is 16.7. The Morgan fingerprint density at radius 1 is 1.04 bits per heavy atom. The average Bonchev–Trinajstić information content (AvgIpc) is 3.41. The van der Waals surface area contributed by atoms with Crippen molar-refractivity contribution >= 4 is 5.97 Å². The fourth-order valence-corrected chi connectivity index (χ4v) is 6.88. The van der Waals surface area contributed by atoms with E-state index >= 15 is 0 Å². The molecule has 1 heterocycles. The summed E-state index contributed by atoms with van der Waals surface area (Å²) in [6.07, 6.45) is 10.8. The van der Waals surface area contributed by atoms with Gasteiger partial charge in [0.1, 0.15) is 0 Å². The van der Waals surface area contributed by atoms with E-state index in [1.807, 2.05) is 0 Å². The van der Waals surface area contributed by atoms with E-state index in [0.717, 1.165) is 38.5 Å². The van der Waals surface area contributed by atoms with Gasteiger partial charge in [-0.2, -0.15) is 0 Å². The number of carbonyl (C=O) groups excluding carboxylic acids is 1. The lowest BCUT2D eigenvalue weighted by Gasteiger charge is -2.33. The van der Waals surface area contributed by atoms with Crippen LogP contribution >= 0.6 is 0 Å². The van der Waals surface area contributed by atoms with E-state index in [0.29, 0.717) is 35.9 Å². The molecule has 4 aliphatic rings. The minimum atomic E-state index is -0.0407. The van der Waals surface area contributed by atoms with Crippen molar-refractivity contribution < 1.29 is 19.0 Å². The van der Waals surface area contributed by atoms with Crippen molar-refractivity contribution in [1.29, 1.82) is 0 Å². The summed E-state index contributed by atoms with van der Waals surface area (Å²) in [5.41, 5.74) is -0.0407. The topological polar surface area (TPSA) is 44.8 Å². The lowest BCUT2D eigenvalue weighted by atomic mass is 9.70. The summed E-state index contributed by atoms with van der Waals surface area (Å²) < 4.78 is 18.0. The normalized spacial score (nSPS) is 43.0. The van der Waals surface area contributed by atoms with E-state index in [1.54, 1.807) is 0 Å².